The maximum atomic E-state index is 5.37. The molecule has 0 bridgehead atoms. The van der Waals surface area contributed by atoms with Crippen LogP contribution in [0.2, 0.25) is 0 Å². The lowest BCUT2D eigenvalue weighted by Crippen LogP contribution is -1.93. The van der Waals surface area contributed by atoms with Crippen LogP contribution in [0.5, 0.6) is 11.5 Å². The summed E-state index contributed by atoms with van der Waals surface area (Å²) in [6.45, 7) is 0.626. The van der Waals surface area contributed by atoms with Crippen LogP contribution in [0.3, 0.4) is 0 Å². The van der Waals surface area contributed by atoms with E-state index >= 15 is 0 Å². The Kier molecular flexibility index (Phi) is 6.63. The third kappa shape index (κ3) is 6.27. The molecule has 0 saturated carbocycles. The number of rotatable bonds is 4. The summed E-state index contributed by atoms with van der Waals surface area (Å²) in [4.78, 5) is 7.88. The van der Waals surface area contributed by atoms with Gasteiger partial charge in [0.15, 0.2) is 0 Å². The number of hydrogen-bond donors (Lipinski definition) is 0. The van der Waals surface area contributed by atoms with Crippen LogP contribution in [0, 0.1) is 23.7 Å². The summed E-state index contributed by atoms with van der Waals surface area (Å²) in [5, 5.41) is 0. The van der Waals surface area contributed by atoms with Crippen molar-refractivity contribution in [3.63, 3.8) is 0 Å². The molecule has 22 heavy (non-hydrogen) atoms. The maximum absolute atomic E-state index is 5.37. The fourth-order valence-electron chi connectivity index (χ4n) is 1.39. The van der Waals surface area contributed by atoms with Gasteiger partial charge in [-0.2, -0.15) is 0 Å². The Morgan fingerprint density at radius 2 is 1.32 bits per heavy atom. The fraction of sp³-hybridized carbons (Fsp3) is 0.111. The zero-order valence-corrected chi connectivity index (χ0v) is 11.9. The van der Waals surface area contributed by atoms with Gasteiger partial charge in [-0.15, -0.1) is 0 Å². The van der Waals surface area contributed by atoms with Gasteiger partial charge in [-0.05, 0) is 36.4 Å². The lowest BCUT2D eigenvalue weighted by atomic mass is 10.4. The Balaban J connectivity index is 1.62. The fourth-order valence-corrected chi connectivity index (χ4v) is 1.39. The van der Waals surface area contributed by atoms with Crippen molar-refractivity contribution < 1.29 is 9.47 Å². The Morgan fingerprint density at radius 1 is 0.818 bits per heavy atom. The highest BCUT2D eigenvalue weighted by atomic mass is 16.5. The minimum atomic E-state index is 0.313. The summed E-state index contributed by atoms with van der Waals surface area (Å²) in [7, 11) is 0. The van der Waals surface area contributed by atoms with Gasteiger partial charge in [0.2, 0.25) is 0 Å². The molecule has 0 unspecified atom stereocenters. The number of nitrogens with zero attached hydrogens (tertiary/aromatic N) is 2. The van der Waals surface area contributed by atoms with Gasteiger partial charge < -0.3 is 9.47 Å². The predicted octanol–water partition coefficient (Wildman–Crippen LogP) is 2.50. The molecule has 2 heterocycles. The summed E-state index contributed by atoms with van der Waals surface area (Å²) in [6, 6.07) is 7.29. The van der Waals surface area contributed by atoms with Gasteiger partial charge in [-0.3, -0.25) is 9.97 Å². The van der Waals surface area contributed by atoms with E-state index in [1.165, 1.54) is 0 Å². The molecule has 0 fully saturated rings. The third-order valence-corrected chi connectivity index (χ3v) is 2.34. The zero-order valence-electron chi connectivity index (χ0n) is 11.9. The summed E-state index contributed by atoms with van der Waals surface area (Å²) in [6.07, 6.45) is 10.0. The summed E-state index contributed by atoms with van der Waals surface area (Å²) in [5.74, 6) is 12.8. The molecular formula is C18H14N2O2. The van der Waals surface area contributed by atoms with Crippen molar-refractivity contribution in [2.24, 2.45) is 0 Å². The van der Waals surface area contributed by atoms with E-state index in [2.05, 4.69) is 33.6 Å². The molecule has 0 aliphatic heterocycles. The van der Waals surface area contributed by atoms with E-state index in [4.69, 9.17) is 9.47 Å². The highest BCUT2D eigenvalue weighted by Gasteiger charge is 1.88. The molecule has 0 N–H and O–H groups in total. The van der Waals surface area contributed by atoms with Gasteiger partial charge in [0, 0.05) is 12.4 Å². The standard InChI is InChI=1S/C18H14N2O2/c1(3-5-13-21-17-9-7-11-19-15-17)2-4-6-14-22-18-10-8-12-20-16-18/h1-2,7-12,15-16H,13-14H2/b2-1+. The van der Waals surface area contributed by atoms with Crippen molar-refractivity contribution in [3.8, 4) is 35.2 Å². The number of allylic oxidation sites excluding steroid dienone is 2. The molecular weight excluding hydrogens is 276 g/mol. The van der Waals surface area contributed by atoms with Gasteiger partial charge in [0.25, 0.3) is 0 Å². The first-order valence-electron chi connectivity index (χ1n) is 6.62. The topological polar surface area (TPSA) is 44.2 Å². The maximum Gasteiger partial charge on any atom is 0.149 e. The third-order valence-electron chi connectivity index (χ3n) is 2.34. The van der Waals surface area contributed by atoms with E-state index in [-0.39, 0.29) is 0 Å². The molecule has 2 aromatic rings. The zero-order chi connectivity index (χ0) is 15.3. The van der Waals surface area contributed by atoms with Gasteiger partial charge in [-0.25, -0.2) is 0 Å². The molecule has 2 aromatic heterocycles. The second kappa shape index (κ2) is 9.63. The van der Waals surface area contributed by atoms with E-state index < -0.39 is 0 Å². The van der Waals surface area contributed by atoms with E-state index in [0.29, 0.717) is 24.7 Å². The van der Waals surface area contributed by atoms with E-state index in [1.807, 2.05) is 24.3 Å². The van der Waals surface area contributed by atoms with Crippen LogP contribution in [0.25, 0.3) is 0 Å². The summed E-state index contributed by atoms with van der Waals surface area (Å²) >= 11 is 0. The monoisotopic (exact) mass is 290 g/mol. The number of hydrogen-bond acceptors (Lipinski definition) is 4. The van der Waals surface area contributed by atoms with Crippen LogP contribution < -0.4 is 9.47 Å². The first kappa shape index (κ1) is 15.2. The van der Waals surface area contributed by atoms with Crippen molar-refractivity contribution in [1.82, 2.24) is 9.97 Å². The number of pyridine rings is 2. The first-order valence-corrected chi connectivity index (χ1v) is 6.62. The van der Waals surface area contributed by atoms with Gasteiger partial charge in [0.05, 0.1) is 12.4 Å². The Morgan fingerprint density at radius 3 is 1.73 bits per heavy atom. The average molecular weight is 290 g/mol. The number of aromatic nitrogens is 2. The van der Waals surface area contributed by atoms with Crippen LogP contribution in [0.15, 0.2) is 61.2 Å². The van der Waals surface area contributed by atoms with Gasteiger partial charge in [-0.1, -0.05) is 23.7 Å². The molecule has 0 aromatic carbocycles. The lowest BCUT2D eigenvalue weighted by molar-refractivity contribution is 0.368. The SMILES string of the molecule is C(#CCOc1cccnc1)/C=C/C#CCOc1cccnc1. The largest absolute Gasteiger partial charge is 0.479 e. The Labute approximate surface area is 129 Å². The van der Waals surface area contributed by atoms with Crippen molar-refractivity contribution in [2.45, 2.75) is 0 Å². The van der Waals surface area contributed by atoms with Crippen molar-refractivity contribution in [2.75, 3.05) is 13.2 Å². The molecule has 108 valence electrons. The molecule has 0 radical (unpaired) electrons. The van der Waals surface area contributed by atoms with Crippen LogP contribution in [-0.2, 0) is 0 Å². The molecule has 0 atom stereocenters. The molecule has 0 saturated heterocycles. The predicted molar refractivity (Wildman–Crippen MR) is 84.2 cm³/mol. The summed E-state index contributed by atoms with van der Waals surface area (Å²) < 4.78 is 10.7. The first-order chi connectivity index (χ1) is 10.9. The smallest absolute Gasteiger partial charge is 0.149 e. The van der Waals surface area contributed by atoms with Crippen molar-refractivity contribution in [1.29, 1.82) is 0 Å². The molecule has 0 amide bonds. The second-order valence-electron chi connectivity index (χ2n) is 3.93. The lowest BCUT2D eigenvalue weighted by Gasteiger charge is -1.98. The highest BCUT2D eigenvalue weighted by molar-refractivity contribution is 5.26. The van der Waals surface area contributed by atoms with Crippen molar-refractivity contribution >= 4 is 0 Å². The molecule has 0 spiro atoms. The molecule has 0 aliphatic rings. The van der Waals surface area contributed by atoms with Gasteiger partial charge >= 0.3 is 0 Å². The second-order valence-corrected chi connectivity index (χ2v) is 3.93. The van der Waals surface area contributed by atoms with Crippen LogP contribution in [0.4, 0.5) is 0 Å². The van der Waals surface area contributed by atoms with Crippen molar-refractivity contribution in [3.05, 3.63) is 61.2 Å². The Bertz CT molecular complexity index is 641. The van der Waals surface area contributed by atoms with Crippen LogP contribution >= 0.6 is 0 Å². The average Bonchev–Trinajstić information content (AvgIpc) is 2.58. The Hall–Kier alpha value is -3.24. The van der Waals surface area contributed by atoms with Crippen LogP contribution in [0.1, 0.15) is 0 Å². The molecule has 0 aliphatic carbocycles. The highest BCUT2D eigenvalue weighted by Crippen LogP contribution is 2.05. The minimum Gasteiger partial charge on any atom is -0.479 e. The van der Waals surface area contributed by atoms with E-state index in [9.17, 15) is 0 Å². The van der Waals surface area contributed by atoms with E-state index in [1.54, 1.807) is 36.9 Å². The number of ether oxygens (including phenoxy) is 2. The normalized spacial score (nSPS) is 9.27. The molecule has 4 heteroatoms. The molecule has 2 rings (SSSR count). The summed E-state index contributed by atoms with van der Waals surface area (Å²) in [5.41, 5.74) is 0. The van der Waals surface area contributed by atoms with E-state index in [0.717, 1.165) is 0 Å². The van der Waals surface area contributed by atoms with Crippen LogP contribution in [-0.4, -0.2) is 23.2 Å². The quantitative estimate of drug-likeness (QED) is 0.812. The minimum absolute atomic E-state index is 0.313. The van der Waals surface area contributed by atoms with Gasteiger partial charge in [0.1, 0.15) is 24.7 Å². The molecule has 4 nitrogen and oxygen atoms in total.